The van der Waals surface area contributed by atoms with Gasteiger partial charge >= 0.3 is 0 Å². The highest BCUT2D eigenvalue weighted by atomic mass is 35.5. The molecule has 0 bridgehead atoms. The van der Waals surface area contributed by atoms with Gasteiger partial charge in [0.2, 0.25) is 0 Å². The number of guanidine groups is 1. The van der Waals surface area contributed by atoms with Gasteiger partial charge in [0.15, 0.2) is 5.96 Å². The number of nitrogens with one attached hydrogen (secondary N) is 2. The van der Waals surface area contributed by atoms with Gasteiger partial charge in [0.05, 0.1) is 13.2 Å². The molecule has 0 spiro atoms. The first-order chi connectivity index (χ1) is 10.7. The number of rotatable bonds is 7. The van der Waals surface area contributed by atoms with E-state index in [0.29, 0.717) is 6.61 Å². The summed E-state index contributed by atoms with van der Waals surface area (Å²) in [5.74, 6) is 0.861. The molecule has 0 radical (unpaired) electrons. The zero-order chi connectivity index (χ0) is 15.8. The molecule has 0 saturated heterocycles. The molecule has 1 fully saturated rings. The Bertz CT molecular complexity index is 483. The number of halogens is 1. The Kier molecular flexibility index (Phi) is 6.52. The molecule has 5 heteroatoms. The number of methoxy groups -OCH3 is 1. The highest BCUT2D eigenvalue weighted by Gasteiger charge is 2.38. The van der Waals surface area contributed by atoms with E-state index in [1.54, 1.807) is 7.11 Å². The summed E-state index contributed by atoms with van der Waals surface area (Å²) >= 11 is 6.00. The molecule has 0 amide bonds. The molecule has 2 N–H and O–H groups in total. The topological polar surface area (TPSA) is 45.7 Å². The quantitative estimate of drug-likeness (QED) is 0.461. The molecule has 1 aromatic rings. The number of hydrogen-bond acceptors (Lipinski definition) is 2. The fourth-order valence-electron chi connectivity index (χ4n) is 2.79. The highest BCUT2D eigenvalue weighted by molar-refractivity contribution is 6.30. The normalized spacial score (nSPS) is 17.0. The van der Waals surface area contributed by atoms with Crippen molar-refractivity contribution >= 4 is 17.6 Å². The minimum Gasteiger partial charge on any atom is -0.383 e. The van der Waals surface area contributed by atoms with Gasteiger partial charge in [-0.05, 0) is 37.5 Å². The van der Waals surface area contributed by atoms with Crippen LogP contribution in [-0.2, 0) is 10.2 Å². The predicted molar refractivity (Wildman–Crippen MR) is 92.8 cm³/mol. The standard InChI is InChI=1S/C17H26ClN3O/c1-3-19-16(20-11-12-22-2)21-13-17(9-4-10-17)14-5-7-15(18)8-6-14/h5-8H,3-4,9-13H2,1-2H3,(H2,19,20,21). The van der Waals surface area contributed by atoms with Crippen LogP contribution in [0.25, 0.3) is 0 Å². The van der Waals surface area contributed by atoms with Gasteiger partial charge in [-0.1, -0.05) is 30.2 Å². The minimum atomic E-state index is 0.175. The molecule has 22 heavy (non-hydrogen) atoms. The van der Waals surface area contributed by atoms with E-state index >= 15 is 0 Å². The molecule has 1 saturated carbocycles. The molecule has 0 aromatic heterocycles. The molecule has 2 rings (SSSR count). The SMILES string of the molecule is CCNC(=NCC1(c2ccc(Cl)cc2)CCC1)NCCOC. The third-order valence-corrected chi connectivity index (χ3v) is 4.50. The Balaban J connectivity index is 2.03. The van der Waals surface area contributed by atoms with Crippen LogP contribution in [-0.4, -0.2) is 39.3 Å². The van der Waals surface area contributed by atoms with Crippen molar-refractivity contribution in [2.45, 2.75) is 31.6 Å². The van der Waals surface area contributed by atoms with Crippen molar-refractivity contribution < 1.29 is 4.74 Å². The Morgan fingerprint density at radius 1 is 1.27 bits per heavy atom. The second kappa shape index (κ2) is 8.39. The molecule has 4 nitrogen and oxygen atoms in total. The number of aliphatic imine (C=N–C) groups is 1. The summed E-state index contributed by atoms with van der Waals surface area (Å²) in [4.78, 5) is 4.78. The van der Waals surface area contributed by atoms with Crippen LogP contribution >= 0.6 is 11.6 Å². The Morgan fingerprint density at radius 2 is 2.00 bits per heavy atom. The van der Waals surface area contributed by atoms with E-state index < -0.39 is 0 Å². The van der Waals surface area contributed by atoms with E-state index in [4.69, 9.17) is 21.3 Å². The van der Waals surface area contributed by atoms with Gasteiger partial charge in [0.1, 0.15) is 0 Å². The van der Waals surface area contributed by atoms with E-state index in [2.05, 4.69) is 29.7 Å². The van der Waals surface area contributed by atoms with Gasteiger partial charge < -0.3 is 15.4 Å². The zero-order valence-electron chi connectivity index (χ0n) is 13.5. The summed E-state index contributed by atoms with van der Waals surface area (Å²) in [7, 11) is 1.70. The zero-order valence-corrected chi connectivity index (χ0v) is 14.2. The van der Waals surface area contributed by atoms with Crippen molar-refractivity contribution in [3.05, 3.63) is 34.9 Å². The van der Waals surface area contributed by atoms with E-state index in [1.165, 1.54) is 24.8 Å². The van der Waals surface area contributed by atoms with Gasteiger partial charge in [-0.3, -0.25) is 4.99 Å². The lowest BCUT2D eigenvalue weighted by Gasteiger charge is -2.41. The molecule has 0 unspecified atom stereocenters. The van der Waals surface area contributed by atoms with Crippen molar-refractivity contribution in [2.24, 2.45) is 4.99 Å². The maximum absolute atomic E-state index is 6.00. The van der Waals surface area contributed by atoms with Crippen molar-refractivity contribution in [1.82, 2.24) is 10.6 Å². The average Bonchev–Trinajstić information content (AvgIpc) is 2.48. The molecule has 0 atom stereocenters. The number of ether oxygens (including phenoxy) is 1. The second-order valence-corrected chi connectivity index (χ2v) is 6.19. The maximum atomic E-state index is 6.00. The van der Waals surface area contributed by atoms with Crippen LogP contribution in [0, 0.1) is 0 Å². The maximum Gasteiger partial charge on any atom is 0.191 e. The van der Waals surface area contributed by atoms with Crippen LogP contribution in [0.15, 0.2) is 29.3 Å². The van der Waals surface area contributed by atoms with Crippen LogP contribution in [0.1, 0.15) is 31.7 Å². The molecule has 1 aromatic carbocycles. The molecule has 0 heterocycles. The average molecular weight is 324 g/mol. The van der Waals surface area contributed by atoms with E-state index in [9.17, 15) is 0 Å². The smallest absolute Gasteiger partial charge is 0.191 e. The van der Waals surface area contributed by atoms with Gasteiger partial charge in [0.25, 0.3) is 0 Å². The predicted octanol–water partition coefficient (Wildman–Crippen LogP) is 2.96. The van der Waals surface area contributed by atoms with E-state index in [-0.39, 0.29) is 5.41 Å². The third kappa shape index (κ3) is 4.37. The van der Waals surface area contributed by atoms with Crippen LogP contribution in [0.5, 0.6) is 0 Å². The summed E-state index contributed by atoms with van der Waals surface area (Å²) in [5.41, 5.74) is 1.52. The first-order valence-corrected chi connectivity index (χ1v) is 8.35. The van der Waals surface area contributed by atoms with Crippen molar-refractivity contribution in [2.75, 3.05) is 33.4 Å². The van der Waals surface area contributed by atoms with Crippen molar-refractivity contribution in [3.8, 4) is 0 Å². The summed E-state index contributed by atoms with van der Waals surface area (Å²) < 4.78 is 5.07. The fourth-order valence-corrected chi connectivity index (χ4v) is 2.91. The first-order valence-electron chi connectivity index (χ1n) is 7.97. The Labute approximate surface area is 138 Å². The summed E-state index contributed by atoms with van der Waals surface area (Å²) in [6.45, 7) is 5.17. The van der Waals surface area contributed by atoms with Crippen LogP contribution in [0.4, 0.5) is 0 Å². The third-order valence-electron chi connectivity index (χ3n) is 4.25. The van der Waals surface area contributed by atoms with Gasteiger partial charge in [-0.2, -0.15) is 0 Å². The van der Waals surface area contributed by atoms with Gasteiger partial charge in [0, 0.05) is 30.6 Å². The second-order valence-electron chi connectivity index (χ2n) is 5.76. The summed E-state index contributed by atoms with van der Waals surface area (Å²) in [6.07, 6.45) is 3.65. The summed E-state index contributed by atoms with van der Waals surface area (Å²) in [6, 6.07) is 8.23. The lowest BCUT2D eigenvalue weighted by molar-refractivity contribution is 0.203. The van der Waals surface area contributed by atoms with Gasteiger partial charge in [-0.25, -0.2) is 0 Å². The molecule has 0 aliphatic heterocycles. The summed E-state index contributed by atoms with van der Waals surface area (Å²) in [5, 5.41) is 7.37. The number of nitrogens with zero attached hydrogens (tertiary/aromatic N) is 1. The Hall–Kier alpha value is -1.26. The minimum absolute atomic E-state index is 0.175. The van der Waals surface area contributed by atoms with Crippen LogP contribution in [0.2, 0.25) is 5.02 Å². The Morgan fingerprint density at radius 3 is 2.55 bits per heavy atom. The number of hydrogen-bond donors (Lipinski definition) is 2. The lowest BCUT2D eigenvalue weighted by Crippen LogP contribution is -2.42. The highest BCUT2D eigenvalue weighted by Crippen LogP contribution is 2.44. The monoisotopic (exact) mass is 323 g/mol. The lowest BCUT2D eigenvalue weighted by atomic mass is 9.64. The van der Waals surface area contributed by atoms with Crippen LogP contribution < -0.4 is 10.6 Å². The first kappa shape index (κ1) is 17.1. The molecule has 122 valence electrons. The largest absolute Gasteiger partial charge is 0.383 e. The molecular weight excluding hydrogens is 298 g/mol. The molecular formula is C17H26ClN3O. The van der Waals surface area contributed by atoms with Crippen molar-refractivity contribution in [1.29, 1.82) is 0 Å². The number of benzene rings is 1. The molecule has 1 aliphatic rings. The van der Waals surface area contributed by atoms with E-state index in [1.807, 2.05) is 12.1 Å². The fraction of sp³-hybridized carbons (Fsp3) is 0.588. The van der Waals surface area contributed by atoms with Crippen molar-refractivity contribution in [3.63, 3.8) is 0 Å². The van der Waals surface area contributed by atoms with Gasteiger partial charge in [-0.15, -0.1) is 0 Å². The van der Waals surface area contributed by atoms with Crippen LogP contribution in [0.3, 0.4) is 0 Å². The van der Waals surface area contributed by atoms with E-state index in [0.717, 1.165) is 30.6 Å². The molecule has 1 aliphatic carbocycles.